The molecule has 0 bridgehead atoms. The molecule has 17 heavy (non-hydrogen) atoms. The number of hydrogen-bond acceptors (Lipinski definition) is 4. The van der Waals surface area contributed by atoms with Crippen LogP contribution in [0.5, 0.6) is 0 Å². The number of rotatable bonds is 3. The Labute approximate surface area is 99.8 Å². The Kier molecular flexibility index (Phi) is 4.46. The second kappa shape index (κ2) is 5.84. The summed E-state index contributed by atoms with van der Waals surface area (Å²) in [5.41, 5.74) is 1.71. The minimum Gasteiger partial charge on any atom is -0.465 e. The van der Waals surface area contributed by atoms with Crippen molar-refractivity contribution in [3.05, 3.63) is 41.0 Å². The van der Waals surface area contributed by atoms with Gasteiger partial charge in [0.15, 0.2) is 0 Å². The van der Waals surface area contributed by atoms with Crippen LogP contribution in [-0.4, -0.2) is 26.2 Å². The Bertz CT molecular complexity index is 425. The third-order valence-electron chi connectivity index (χ3n) is 2.20. The number of methoxy groups -OCH3 is 2. The molecule has 4 nitrogen and oxygen atoms in total. The summed E-state index contributed by atoms with van der Waals surface area (Å²) in [4.78, 5) is 22.8. The van der Waals surface area contributed by atoms with Gasteiger partial charge < -0.3 is 9.47 Å². The molecule has 0 saturated heterocycles. The van der Waals surface area contributed by atoms with Gasteiger partial charge in [0.25, 0.3) is 0 Å². The largest absolute Gasteiger partial charge is 0.465 e. The van der Waals surface area contributed by atoms with Crippen LogP contribution >= 0.6 is 0 Å². The van der Waals surface area contributed by atoms with Gasteiger partial charge in [-0.1, -0.05) is 29.8 Å². The molecule has 0 amide bonds. The van der Waals surface area contributed by atoms with Gasteiger partial charge >= 0.3 is 11.9 Å². The van der Waals surface area contributed by atoms with E-state index in [1.807, 2.05) is 19.1 Å². The highest BCUT2D eigenvalue weighted by Gasteiger charge is 2.19. The van der Waals surface area contributed by atoms with Crippen LogP contribution in [0.2, 0.25) is 0 Å². The van der Waals surface area contributed by atoms with Crippen LogP contribution in [0.4, 0.5) is 0 Å². The summed E-state index contributed by atoms with van der Waals surface area (Å²) in [5, 5.41) is 0. The first-order valence-electron chi connectivity index (χ1n) is 5.03. The number of carbonyl (C=O) groups is 2. The second-order valence-electron chi connectivity index (χ2n) is 3.45. The van der Waals surface area contributed by atoms with Gasteiger partial charge in [-0.15, -0.1) is 0 Å². The molecule has 0 spiro atoms. The van der Waals surface area contributed by atoms with E-state index in [-0.39, 0.29) is 5.57 Å². The molecule has 1 aromatic rings. The smallest absolute Gasteiger partial charge is 0.345 e. The Morgan fingerprint density at radius 2 is 1.47 bits per heavy atom. The van der Waals surface area contributed by atoms with Crippen LogP contribution < -0.4 is 0 Å². The van der Waals surface area contributed by atoms with E-state index in [0.717, 1.165) is 11.1 Å². The molecule has 0 heterocycles. The SMILES string of the molecule is COC(=O)C(=Cc1ccc(C)cc1)C(=O)OC. The maximum Gasteiger partial charge on any atom is 0.345 e. The lowest BCUT2D eigenvalue weighted by atomic mass is 10.1. The van der Waals surface area contributed by atoms with E-state index < -0.39 is 11.9 Å². The highest BCUT2D eigenvalue weighted by molar-refractivity contribution is 6.17. The van der Waals surface area contributed by atoms with Crippen LogP contribution in [-0.2, 0) is 19.1 Å². The number of carbonyl (C=O) groups excluding carboxylic acids is 2. The lowest BCUT2D eigenvalue weighted by molar-refractivity contribution is -0.143. The van der Waals surface area contributed by atoms with Gasteiger partial charge in [0.05, 0.1) is 14.2 Å². The highest BCUT2D eigenvalue weighted by Crippen LogP contribution is 2.11. The molecule has 1 aromatic carbocycles. The number of benzene rings is 1. The maximum atomic E-state index is 11.4. The van der Waals surface area contributed by atoms with Crippen molar-refractivity contribution in [2.75, 3.05) is 14.2 Å². The molecule has 0 aromatic heterocycles. The number of hydrogen-bond donors (Lipinski definition) is 0. The first kappa shape index (κ1) is 13.0. The molecule has 0 atom stereocenters. The molecule has 1 rings (SSSR count). The van der Waals surface area contributed by atoms with Crippen molar-refractivity contribution in [1.82, 2.24) is 0 Å². The lowest BCUT2D eigenvalue weighted by Gasteiger charge is -2.03. The van der Waals surface area contributed by atoms with Crippen molar-refractivity contribution in [2.24, 2.45) is 0 Å². The van der Waals surface area contributed by atoms with Crippen molar-refractivity contribution in [3.8, 4) is 0 Å². The van der Waals surface area contributed by atoms with Crippen molar-refractivity contribution in [2.45, 2.75) is 6.92 Å². The van der Waals surface area contributed by atoms with E-state index >= 15 is 0 Å². The van der Waals surface area contributed by atoms with Crippen LogP contribution in [0, 0.1) is 6.92 Å². The van der Waals surface area contributed by atoms with Crippen molar-refractivity contribution in [1.29, 1.82) is 0 Å². The first-order valence-corrected chi connectivity index (χ1v) is 5.03. The molecule has 0 unspecified atom stereocenters. The Morgan fingerprint density at radius 3 is 1.88 bits per heavy atom. The van der Waals surface area contributed by atoms with E-state index in [1.54, 1.807) is 12.1 Å². The summed E-state index contributed by atoms with van der Waals surface area (Å²) in [6.45, 7) is 1.95. The first-order chi connectivity index (χ1) is 8.08. The summed E-state index contributed by atoms with van der Waals surface area (Å²) in [7, 11) is 2.43. The topological polar surface area (TPSA) is 52.6 Å². The van der Waals surface area contributed by atoms with E-state index in [1.165, 1.54) is 20.3 Å². The van der Waals surface area contributed by atoms with Crippen molar-refractivity contribution >= 4 is 18.0 Å². The van der Waals surface area contributed by atoms with Gasteiger partial charge in [-0.25, -0.2) is 9.59 Å². The Hall–Kier alpha value is -2.10. The quantitative estimate of drug-likeness (QED) is 0.346. The normalized spacial score (nSPS) is 9.35. The summed E-state index contributed by atoms with van der Waals surface area (Å²) < 4.78 is 9.05. The van der Waals surface area contributed by atoms with Gasteiger partial charge in [-0.2, -0.15) is 0 Å². The van der Waals surface area contributed by atoms with Gasteiger partial charge in [0.1, 0.15) is 5.57 Å². The Balaban J connectivity index is 3.09. The number of esters is 2. The van der Waals surface area contributed by atoms with E-state index in [9.17, 15) is 9.59 Å². The third-order valence-corrected chi connectivity index (χ3v) is 2.20. The van der Waals surface area contributed by atoms with E-state index in [0.29, 0.717) is 0 Å². The summed E-state index contributed by atoms with van der Waals surface area (Å²) in [5.74, 6) is -1.42. The molecular formula is C13H14O4. The Morgan fingerprint density at radius 1 is 1.00 bits per heavy atom. The lowest BCUT2D eigenvalue weighted by Crippen LogP contribution is -2.15. The number of ether oxygens (including phenoxy) is 2. The molecule has 0 saturated carbocycles. The van der Waals surface area contributed by atoms with Crippen LogP contribution in [0.25, 0.3) is 6.08 Å². The van der Waals surface area contributed by atoms with Crippen LogP contribution in [0.1, 0.15) is 11.1 Å². The molecule has 0 aliphatic carbocycles. The summed E-state index contributed by atoms with van der Waals surface area (Å²) >= 11 is 0. The fourth-order valence-corrected chi connectivity index (χ4v) is 1.25. The molecular weight excluding hydrogens is 220 g/mol. The zero-order valence-corrected chi connectivity index (χ0v) is 10.0. The fraction of sp³-hybridized carbons (Fsp3) is 0.231. The zero-order chi connectivity index (χ0) is 12.8. The van der Waals surface area contributed by atoms with Crippen LogP contribution in [0.15, 0.2) is 29.8 Å². The summed E-state index contributed by atoms with van der Waals surface area (Å²) in [6.07, 6.45) is 1.44. The van der Waals surface area contributed by atoms with E-state index in [2.05, 4.69) is 9.47 Å². The molecule has 0 fully saturated rings. The van der Waals surface area contributed by atoms with Gasteiger partial charge in [0.2, 0.25) is 0 Å². The average molecular weight is 234 g/mol. The maximum absolute atomic E-state index is 11.4. The van der Waals surface area contributed by atoms with E-state index in [4.69, 9.17) is 0 Å². The standard InChI is InChI=1S/C13H14O4/c1-9-4-6-10(7-5-9)8-11(12(14)16-2)13(15)17-3/h4-8H,1-3H3. The fourth-order valence-electron chi connectivity index (χ4n) is 1.25. The van der Waals surface area contributed by atoms with Crippen molar-refractivity contribution < 1.29 is 19.1 Å². The predicted molar refractivity (Wildman–Crippen MR) is 63.2 cm³/mol. The monoisotopic (exact) mass is 234 g/mol. The molecule has 0 aliphatic rings. The second-order valence-corrected chi connectivity index (χ2v) is 3.45. The number of aryl methyl sites for hydroxylation is 1. The molecule has 90 valence electrons. The van der Waals surface area contributed by atoms with Gasteiger partial charge in [-0.3, -0.25) is 0 Å². The van der Waals surface area contributed by atoms with Gasteiger partial charge in [-0.05, 0) is 18.6 Å². The zero-order valence-electron chi connectivity index (χ0n) is 10.0. The minimum atomic E-state index is -0.711. The average Bonchev–Trinajstić information content (AvgIpc) is 2.36. The van der Waals surface area contributed by atoms with Gasteiger partial charge in [0, 0.05) is 0 Å². The predicted octanol–water partition coefficient (Wildman–Crippen LogP) is 1.72. The van der Waals surface area contributed by atoms with Crippen LogP contribution in [0.3, 0.4) is 0 Å². The molecule has 0 aliphatic heterocycles. The van der Waals surface area contributed by atoms with Crippen molar-refractivity contribution in [3.63, 3.8) is 0 Å². The summed E-state index contributed by atoms with van der Waals surface area (Å²) in [6, 6.07) is 7.39. The molecule has 0 N–H and O–H groups in total. The molecule has 4 heteroatoms. The minimum absolute atomic E-state index is 0.126. The molecule has 0 radical (unpaired) electrons. The highest BCUT2D eigenvalue weighted by atomic mass is 16.5. The third kappa shape index (κ3) is 3.45.